The molecule has 16 heavy (non-hydrogen) atoms. The number of imide groups is 1. The fraction of sp³-hybridized carbons (Fsp3) is 0.833. The van der Waals surface area contributed by atoms with Gasteiger partial charge in [-0.2, -0.15) is 0 Å². The molecule has 2 aliphatic heterocycles. The van der Waals surface area contributed by atoms with Crippen LogP contribution < -0.4 is 5.32 Å². The maximum absolute atomic E-state index is 11.7. The standard InChI is InChI=1S/C12H19NO3/c1-2-9-10(6-11(14)13-12(9)15)8-4-3-5-16-7-8/h8-10H,2-7H2,1H3,(H,13,14,15). The highest BCUT2D eigenvalue weighted by Crippen LogP contribution is 2.34. The first kappa shape index (κ1) is 11.6. The van der Waals surface area contributed by atoms with E-state index in [1.807, 2.05) is 6.92 Å². The lowest BCUT2D eigenvalue weighted by molar-refractivity contribution is -0.141. The van der Waals surface area contributed by atoms with E-state index in [4.69, 9.17) is 4.74 Å². The van der Waals surface area contributed by atoms with Crippen LogP contribution in [0.2, 0.25) is 0 Å². The molecule has 4 heteroatoms. The fourth-order valence-electron chi connectivity index (χ4n) is 2.92. The minimum Gasteiger partial charge on any atom is -0.381 e. The molecular weight excluding hydrogens is 206 g/mol. The van der Waals surface area contributed by atoms with Gasteiger partial charge in [0.1, 0.15) is 0 Å². The monoisotopic (exact) mass is 225 g/mol. The summed E-state index contributed by atoms with van der Waals surface area (Å²) in [6, 6.07) is 0. The Hall–Kier alpha value is -0.900. The van der Waals surface area contributed by atoms with Gasteiger partial charge >= 0.3 is 0 Å². The van der Waals surface area contributed by atoms with E-state index in [2.05, 4.69) is 5.32 Å². The number of hydrogen-bond donors (Lipinski definition) is 1. The quantitative estimate of drug-likeness (QED) is 0.716. The van der Waals surface area contributed by atoms with Gasteiger partial charge in [-0.1, -0.05) is 6.92 Å². The summed E-state index contributed by atoms with van der Waals surface area (Å²) in [7, 11) is 0. The largest absolute Gasteiger partial charge is 0.381 e. The van der Waals surface area contributed by atoms with Crippen molar-refractivity contribution in [2.24, 2.45) is 17.8 Å². The summed E-state index contributed by atoms with van der Waals surface area (Å²) in [5.41, 5.74) is 0. The van der Waals surface area contributed by atoms with E-state index >= 15 is 0 Å². The van der Waals surface area contributed by atoms with Crippen molar-refractivity contribution in [1.29, 1.82) is 0 Å². The zero-order valence-electron chi connectivity index (χ0n) is 9.70. The molecule has 3 unspecified atom stereocenters. The first-order valence-electron chi connectivity index (χ1n) is 6.13. The Morgan fingerprint density at radius 3 is 2.88 bits per heavy atom. The van der Waals surface area contributed by atoms with E-state index in [0.29, 0.717) is 18.9 Å². The Morgan fingerprint density at radius 1 is 1.44 bits per heavy atom. The van der Waals surface area contributed by atoms with Gasteiger partial charge in [-0.25, -0.2) is 0 Å². The van der Waals surface area contributed by atoms with Gasteiger partial charge in [0, 0.05) is 25.6 Å². The molecule has 90 valence electrons. The summed E-state index contributed by atoms with van der Waals surface area (Å²) in [5, 5.41) is 2.43. The first-order valence-corrected chi connectivity index (χ1v) is 6.13. The highest BCUT2D eigenvalue weighted by Gasteiger charge is 2.39. The van der Waals surface area contributed by atoms with E-state index in [1.165, 1.54) is 0 Å². The van der Waals surface area contributed by atoms with E-state index < -0.39 is 0 Å². The molecule has 2 saturated heterocycles. The Labute approximate surface area is 95.7 Å². The van der Waals surface area contributed by atoms with Gasteiger partial charge in [-0.05, 0) is 31.1 Å². The van der Waals surface area contributed by atoms with Gasteiger partial charge in [-0.15, -0.1) is 0 Å². The average Bonchev–Trinajstić information content (AvgIpc) is 2.29. The van der Waals surface area contributed by atoms with Crippen LogP contribution in [0.4, 0.5) is 0 Å². The third-order valence-corrected chi connectivity index (χ3v) is 3.78. The molecule has 1 N–H and O–H groups in total. The SMILES string of the molecule is CCC1C(=O)NC(=O)CC1C1CCCOC1. The average molecular weight is 225 g/mol. The molecule has 3 atom stereocenters. The summed E-state index contributed by atoms with van der Waals surface area (Å²) in [5.74, 6) is 0.351. The number of carbonyl (C=O) groups is 2. The molecule has 4 nitrogen and oxygen atoms in total. The van der Waals surface area contributed by atoms with Crippen LogP contribution in [0.3, 0.4) is 0 Å². The molecule has 2 amide bonds. The smallest absolute Gasteiger partial charge is 0.229 e. The number of ether oxygens (including phenoxy) is 1. The van der Waals surface area contributed by atoms with Gasteiger partial charge < -0.3 is 4.74 Å². The van der Waals surface area contributed by atoms with Gasteiger partial charge in [0.15, 0.2) is 0 Å². The van der Waals surface area contributed by atoms with Crippen LogP contribution in [0.5, 0.6) is 0 Å². The Kier molecular flexibility index (Phi) is 3.59. The molecule has 0 aromatic carbocycles. The van der Waals surface area contributed by atoms with Gasteiger partial charge in [0.25, 0.3) is 0 Å². The second-order valence-electron chi connectivity index (χ2n) is 4.77. The molecular formula is C12H19NO3. The second kappa shape index (κ2) is 4.95. The molecule has 2 aliphatic rings. The number of piperidine rings is 1. The maximum Gasteiger partial charge on any atom is 0.229 e. The molecule has 0 spiro atoms. The van der Waals surface area contributed by atoms with Crippen LogP contribution in [-0.2, 0) is 14.3 Å². The van der Waals surface area contributed by atoms with Crippen molar-refractivity contribution in [1.82, 2.24) is 5.32 Å². The van der Waals surface area contributed by atoms with Crippen molar-refractivity contribution in [2.75, 3.05) is 13.2 Å². The van der Waals surface area contributed by atoms with Crippen molar-refractivity contribution < 1.29 is 14.3 Å². The Morgan fingerprint density at radius 2 is 2.25 bits per heavy atom. The van der Waals surface area contributed by atoms with E-state index in [1.54, 1.807) is 0 Å². The van der Waals surface area contributed by atoms with E-state index in [9.17, 15) is 9.59 Å². The maximum atomic E-state index is 11.7. The normalized spacial score (nSPS) is 35.9. The third kappa shape index (κ3) is 2.26. The van der Waals surface area contributed by atoms with Crippen LogP contribution in [-0.4, -0.2) is 25.0 Å². The summed E-state index contributed by atoms with van der Waals surface area (Å²) in [4.78, 5) is 23.1. The minimum atomic E-state index is -0.120. The van der Waals surface area contributed by atoms with Crippen molar-refractivity contribution >= 4 is 11.8 Å². The van der Waals surface area contributed by atoms with Crippen LogP contribution in [0.1, 0.15) is 32.6 Å². The number of hydrogen-bond acceptors (Lipinski definition) is 3. The van der Waals surface area contributed by atoms with Crippen molar-refractivity contribution in [3.05, 3.63) is 0 Å². The molecule has 2 heterocycles. The molecule has 2 fully saturated rings. The van der Waals surface area contributed by atoms with Crippen molar-refractivity contribution in [3.63, 3.8) is 0 Å². The first-order chi connectivity index (χ1) is 7.72. The number of amides is 2. The molecule has 0 radical (unpaired) electrons. The highest BCUT2D eigenvalue weighted by molar-refractivity contribution is 5.99. The zero-order valence-corrected chi connectivity index (χ0v) is 9.70. The lowest BCUT2D eigenvalue weighted by Gasteiger charge is -2.37. The Balaban J connectivity index is 2.08. The molecule has 0 aromatic heterocycles. The summed E-state index contributed by atoms with van der Waals surface area (Å²) >= 11 is 0. The van der Waals surface area contributed by atoms with Crippen molar-refractivity contribution in [2.45, 2.75) is 32.6 Å². The molecule has 0 bridgehead atoms. The number of carbonyl (C=O) groups excluding carboxylic acids is 2. The summed E-state index contributed by atoms with van der Waals surface area (Å²) < 4.78 is 5.46. The highest BCUT2D eigenvalue weighted by atomic mass is 16.5. The van der Waals surface area contributed by atoms with Gasteiger partial charge in [-0.3, -0.25) is 14.9 Å². The summed E-state index contributed by atoms with van der Waals surface area (Å²) in [6.45, 7) is 3.54. The molecule has 0 aliphatic carbocycles. The van der Waals surface area contributed by atoms with Crippen LogP contribution in [0.15, 0.2) is 0 Å². The van der Waals surface area contributed by atoms with Crippen LogP contribution in [0, 0.1) is 17.8 Å². The molecule has 0 aromatic rings. The Bertz CT molecular complexity index is 284. The lowest BCUT2D eigenvalue weighted by atomic mass is 9.73. The van der Waals surface area contributed by atoms with Crippen molar-refractivity contribution in [3.8, 4) is 0 Å². The van der Waals surface area contributed by atoms with E-state index in [-0.39, 0.29) is 23.7 Å². The molecule has 0 saturated carbocycles. The topological polar surface area (TPSA) is 55.4 Å². The zero-order chi connectivity index (χ0) is 11.5. The predicted octanol–water partition coefficient (Wildman–Crippen LogP) is 1.10. The lowest BCUT2D eigenvalue weighted by Crippen LogP contribution is -2.48. The number of rotatable bonds is 2. The predicted molar refractivity (Wildman–Crippen MR) is 58.6 cm³/mol. The minimum absolute atomic E-state index is 0.00981. The van der Waals surface area contributed by atoms with E-state index in [0.717, 1.165) is 25.9 Å². The molecule has 2 rings (SSSR count). The second-order valence-corrected chi connectivity index (χ2v) is 4.77. The van der Waals surface area contributed by atoms with Crippen LogP contribution in [0.25, 0.3) is 0 Å². The van der Waals surface area contributed by atoms with Crippen LogP contribution >= 0.6 is 0 Å². The fourth-order valence-corrected chi connectivity index (χ4v) is 2.92. The third-order valence-electron chi connectivity index (χ3n) is 3.78. The number of nitrogens with one attached hydrogen (secondary N) is 1. The van der Waals surface area contributed by atoms with Gasteiger partial charge in [0.05, 0.1) is 0 Å². The summed E-state index contributed by atoms with van der Waals surface area (Å²) in [6.07, 6.45) is 3.42. The van der Waals surface area contributed by atoms with Gasteiger partial charge in [0.2, 0.25) is 11.8 Å².